The Hall–Kier alpha value is -1.00. The summed E-state index contributed by atoms with van der Waals surface area (Å²) in [5, 5.41) is 0. The lowest BCUT2D eigenvalue weighted by atomic mass is 9.82. The topological polar surface area (TPSA) is 29.3 Å². The summed E-state index contributed by atoms with van der Waals surface area (Å²) >= 11 is 0. The van der Waals surface area contributed by atoms with Crippen LogP contribution >= 0.6 is 0 Å². The summed E-state index contributed by atoms with van der Waals surface area (Å²) in [5.74, 6) is -0.796. The maximum Gasteiger partial charge on any atom is 0.128 e. The highest BCUT2D eigenvalue weighted by Crippen LogP contribution is 2.45. The first-order valence-corrected chi connectivity index (χ1v) is 7.59. The zero-order chi connectivity index (χ0) is 14.2. The van der Waals surface area contributed by atoms with Crippen molar-refractivity contribution in [2.75, 3.05) is 13.1 Å². The van der Waals surface area contributed by atoms with Gasteiger partial charge in [0, 0.05) is 11.1 Å². The van der Waals surface area contributed by atoms with Gasteiger partial charge in [0.1, 0.15) is 11.6 Å². The van der Waals surface area contributed by atoms with Crippen molar-refractivity contribution in [2.45, 2.75) is 50.1 Å². The molecule has 2 nitrogen and oxygen atoms in total. The third-order valence-electron chi connectivity index (χ3n) is 5.08. The van der Waals surface area contributed by atoms with Gasteiger partial charge in [0.15, 0.2) is 0 Å². The lowest BCUT2D eigenvalue weighted by Gasteiger charge is -2.43. The molecule has 1 aromatic rings. The van der Waals surface area contributed by atoms with E-state index in [0.29, 0.717) is 5.56 Å². The number of hydrogen-bond donors (Lipinski definition) is 1. The third kappa shape index (κ3) is 2.25. The molecule has 1 aliphatic heterocycles. The molecule has 0 aromatic heterocycles. The van der Waals surface area contributed by atoms with E-state index in [4.69, 9.17) is 5.73 Å². The normalized spacial score (nSPS) is 24.1. The first-order valence-electron chi connectivity index (χ1n) is 7.59. The standard InChI is InChI=1S/C16H22F2N2/c17-12-5-6-14(18)13(11-12)15(19)16(7-1-2-8-16)20-9-3-4-10-20/h5-6,11,15H,1-4,7-10,19H2. The van der Waals surface area contributed by atoms with Gasteiger partial charge in [0.2, 0.25) is 0 Å². The second-order valence-corrected chi connectivity index (χ2v) is 6.15. The molecule has 1 unspecified atom stereocenters. The zero-order valence-corrected chi connectivity index (χ0v) is 11.7. The molecular formula is C16H22F2N2. The Morgan fingerprint density at radius 1 is 1.05 bits per heavy atom. The monoisotopic (exact) mass is 280 g/mol. The van der Waals surface area contributed by atoms with Crippen molar-refractivity contribution in [1.29, 1.82) is 0 Å². The van der Waals surface area contributed by atoms with Gasteiger partial charge < -0.3 is 5.73 Å². The van der Waals surface area contributed by atoms with E-state index in [2.05, 4.69) is 4.90 Å². The van der Waals surface area contributed by atoms with Gasteiger partial charge >= 0.3 is 0 Å². The quantitative estimate of drug-likeness (QED) is 0.919. The van der Waals surface area contributed by atoms with Crippen molar-refractivity contribution in [3.8, 4) is 0 Å². The molecule has 2 fully saturated rings. The maximum atomic E-state index is 14.1. The van der Waals surface area contributed by atoms with Crippen LogP contribution in [0.2, 0.25) is 0 Å². The summed E-state index contributed by atoms with van der Waals surface area (Å²) in [5.41, 5.74) is 6.59. The first-order chi connectivity index (χ1) is 9.63. The molecule has 2 N–H and O–H groups in total. The van der Waals surface area contributed by atoms with E-state index in [9.17, 15) is 8.78 Å². The Kier molecular flexibility index (Phi) is 3.78. The number of nitrogens with two attached hydrogens (primary N) is 1. The van der Waals surface area contributed by atoms with Gasteiger partial charge in [-0.05, 0) is 57.0 Å². The van der Waals surface area contributed by atoms with Crippen LogP contribution in [-0.4, -0.2) is 23.5 Å². The van der Waals surface area contributed by atoms with Crippen LogP contribution in [-0.2, 0) is 0 Å². The predicted molar refractivity (Wildman–Crippen MR) is 75.3 cm³/mol. The number of likely N-dealkylation sites (tertiary alicyclic amines) is 1. The summed E-state index contributed by atoms with van der Waals surface area (Å²) in [4.78, 5) is 2.43. The van der Waals surface area contributed by atoms with Crippen LogP contribution in [0, 0.1) is 11.6 Å². The van der Waals surface area contributed by atoms with Crippen molar-refractivity contribution >= 4 is 0 Å². The minimum absolute atomic E-state index is 0.175. The maximum absolute atomic E-state index is 14.1. The number of rotatable bonds is 3. The van der Waals surface area contributed by atoms with Crippen LogP contribution < -0.4 is 5.73 Å². The molecule has 0 amide bonds. The molecule has 1 saturated carbocycles. The molecule has 1 saturated heterocycles. The molecule has 0 spiro atoms. The molecule has 4 heteroatoms. The Labute approximate surface area is 118 Å². The first kappa shape index (κ1) is 14.0. The molecular weight excluding hydrogens is 258 g/mol. The summed E-state index contributed by atoms with van der Waals surface area (Å²) in [6.45, 7) is 2.06. The van der Waals surface area contributed by atoms with E-state index >= 15 is 0 Å². The highest BCUT2D eigenvalue weighted by Gasteiger charge is 2.46. The van der Waals surface area contributed by atoms with Crippen LogP contribution in [0.4, 0.5) is 8.78 Å². The highest BCUT2D eigenvalue weighted by molar-refractivity contribution is 5.26. The van der Waals surface area contributed by atoms with Crippen LogP contribution in [0.5, 0.6) is 0 Å². The largest absolute Gasteiger partial charge is 0.322 e. The molecule has 20 heavy (non-hydrogen) atoms. The lowest BCUT2D eigenvalue weighted by molar-refractivity contribution is 0.0907. The van der Waals surface area contributed by atoms with Gasteiger partial charge in [0.05, 0.1) is 6.04 Å². The van der Waals surface area contributed by atoms with Crippen LogP contribution in [0.3, 0.4) is 0 Å². The van der Waals surface area contributed by atoms with E-state index in [0.717, 1.165) is 44.8 Å². The van der Waals surface area contributed by atoms with Gasteiger partial charge in [0.25, 0.3) is 0 Å². The SMILES string of the molecule is NC(c1cc(F)ccc1F)C1(N2CCCC2)CCCC1. The molecule has 1 heterocycles. The summed E-state index contributed by atoms with van der Waals surface area (Å²) in [6, 6.07) is 3.18. The number of benzene rings is 1. The fraction of sp³-hybridized carbons (Fsp3) is 0.625. The van der Waals surface area contributed by atoms with Gasteiger partial charge in [-0.25, -0.2) is 8.78 Å². The second-order valence-electron chi connectivity index (χ2n) is 6.15. The van der Waals surface area contributed by atoms with Gasteiger partial charge in [-0.3, -0.25) is 4.90 Å². The third-order valence-corrected chi connectivity index (χ3v) is 5.08. The molecule has 1 atom stereocenters. The summed E-state index contributed by atoms with van der Waals surface area (Å²) in [6.07, 6.45) is 6.59. The fourth-order valence-corrected chi connectivity index (χ4v) is 4.02. The lowest BCUT2D eigenvalue weighted by Crippen LogP contribution is -2.52. The van der Waals surface area contributed by atoms with Crippen molar-refractivity contribution < 1.29 is 8.78 Å². The zero-order valence-electron chi connectivity index (χ0n) is 11.7. The molecule has 3 rings (SSSR count). The Morgan fingerprint density at radius 3 is 2.35 bits per heavy atom. The number of halogens is 2. The van der Waals surface area contributed by atoms with Crippen molar-refractivity contribution in [3.63, 3.8) is 0 Å². The van der Waals surface area contributed by atoms with Crippen LogP contribution in [0.15, 0.2) is 18.2 Å². The van der Waals surface area contributed by atoms with Crippen molar-refractivity contribution in [3.05, 3.63) is 35.4 Å². The predicted octanol–water partition coefficient (Wildman–Crippen LogP) is 3.37. The number of hydrogen-bond acceptors (Lipinski definition) is 2. The molecule has 1 aromatic carbocycles. The fourth-order valence-electron chi connectivity index (χ4n) is 4.02. The Bertz CT molecular complexity index is 477. The highest BCUT2D eigenvalue weighted by atomic mass is 19.1. The number of nitrogens with zero attached hydrogens (tertiary/aromatic N) is 1. The van der Waals surface area contributed by atoms with Gasteiger partial charge in [-0.15, -0.1) is 0 Å². The molecule has 1 aliphatic carbocycles. The van der Waals surface area contributed by atoms with E-state index in [1.165, 1.54) is 25.0 Å². The van der Waals surface area contributed by atoms with Crippen LogP contribution in [0.25, 0.3) is 0 Å². The minimum atomic E-state index is -0.446. The van der Waals surface area contributed by atoms with Crippen molar-refractivity contribution in [2.24, 2.45) is 5.73 Å². The second kappa shape index (κ2) is 5.41. The Balaban J connectivity index is 1.96. The van der Waals surface area contributed by atoms with E-state index in [-0.39, 0.29) is 11.4 Å². The molecule has 0 radical (unpaired) electrons. The molecule has 2 aliphatic rings. The smallest absolute Gasteiger partial charge is 0.128 e. The molecule has 0 bridgehead atoms. The van der Waals surface area contributed by atoms with Gasteiger partial charge in [-0.1, -0.05) is 12.8 Å². The summed E-state index contributed by atoms with van der Waals surface area (Å²) < 4.78 is 27.5. The summed E-state index contributed by atoms with van der Waals surface area (Å²) in [7, 11) is 0. The molecule has 110 valence electrons. The minimum Gasteiger partial charge on any atom is -0.322 e. The van der Waals surface area contributed by atoms with E-state index in [1.807, 2.05) is 0 Å². The van der Waals surface area contributed by atoms with Crippen molar-refractivity contribution in [1.82, 2.24) is 4.90 Å². The average molecular weight is 280 g/mol. The van der Waals surface area contributed by atoms with Crippen LogP contribution in [0.1, 0.15) is 50.1 Å². The van der Waals surface area contributed by atoms with Gasteiger partial charge in [-0.2, -0.15) is 0 Å². The average Bonchev–Trinajstić information content (AvgIpc) is 3.11. The van der Waals surface area contributed by atoms with E-state index < -0.39 is 11.9 Å². The Morgan fingerprint density at radius 2 is 1.70 bits per heavy atom. The van der Waals surface area contributed by atoms with E-state index in [1.54, 1.807) is 0 Å².